The largest absolute Gasteiger partial charge is 0.362 e. The fourth-order valence-electron chi connectivity index (χ4n) is 2.85. The number of para-hydroxylation sites is 1. The van der Waals surface area contributed by atoms with Crippen LogP contribution in [0.25, 0.3) is 0 Å². The number of amides is 1. The number of nitrogens with zero attached hydrogens (tertiary/aromatic N) is 2. The smallest absolute Gasteiger partial charge is 0.242 e. The van der Waals surface area contributed by atoms with Crippen molar-refractivity contribution in [2.75, 3.05) is 25.0 Å². The molecular formula is C18H18Cl2N2O. The van der Waals surface area contributed by atoms with Crippen LogP contribution in [0.5, 0.6) is 0 Å². The number of halogens is 2. The van der Waals surface area contributed by atoms with Crippen molar-refractivity contribution in [1.29, 1.82) is 0 Å². The van der Waals surface area contributed by atoms with Crippen LogP contribution in [-0.2, 0) is 17.8 Å². The molecule has 0 aromatic heterocycles. The maximum absolute atomic E-state index is 12.5. The van der Waals surface area contributed by atoms with Crippen molar-refractivity contribution in [3.05, 3.63) is 63.6 Å². The minimum atomic E-state index is 0.0905. The van der Waals surface area contributed by atoms with Crippen LogP contribution in [0.4, 0.5) is 5.69 Å². The molecular weight excluding hydrogens is 331 g/mol. The number of benzene rings is 2. The van der Waals surface area contributed by atoms with Gasteiger partial charge in [0, 0.05) is 25.8 Å². The average Bonchev–Trinajstić information content (AvgIpc) is 2.94. The Balaban J connectivity index is 1.63. The van der Waals surface area contributed by atoms with Crippen molar-refractivity contribution in [2.45, 2.75) is 13.0 Å². The Morgan fingerprint density at radius 1 is 1.17 bits per heavy atom. The van der Waals surface area contributed by atoms with Gasteiger partial charge in [-0.05, 0) is 35.7 Å². The Morgan fingerprint density at radius 3 is 2.74 bits per heavy atom. The first-order valence-corrected chi connectivity index (χ1v) is 8.31. The normalized spacial score (nSPS) is 13.1. The van der Waals surface area contributed by atoms with Crippen LogP contribution < -0.4 is 4.90 Å². The third-order valence-electron chi connectivity index (χ3n) is 4.14. The molecule has 3 nitrogen and oxygen atoms in total. The monoisotopic (exact) mass is 348 g/mol. The second-order valence-corrected chi connectivity index (χ2v) is 6.61. The second-order valence-electron chi connectivity index (χ2n) is 5.80. The number of rotatable bonds is 4. The topological polar surface area (TPSA) is 23.6 Å². The summed E-state index contributed by atoms with van der Waals surface area (Å²) < 4.78 is 0. The molecule has 120 valence electrons. The first-order valence-electron chi connectivity index (χ1n) is 7.55. The van der Waals surface area contributed by atoms with Gasteiger partial charge in [0.05, 0.1) is 16.6 Å². The molecule has 1 aliphatic rings. The van der Waals surface area contributed by atoms with E-state index < -0.39 is 0 Å². The summed E-state index contributed by atoms with van der Waals surface area (Å²) in [5.41, 5.74) is 3.45. The molecule has 5 heteroatoms. The molecule has 0 unspecified atom stereocenters. The third-order valence-corrected chi connectivity index (χ3v) is 4.88. The zero-order chi connectivity index (χ0) is 16.4. The second kappa shape index (κ2) is 6.81. The van der Waals surface area contributed by atoms with E-state index in [-0.39, 0.29) is 5.91 Å². The molecule has 1 amide bonds. The van der Waals surface area contributed by atoms with Gasteiger partial charge in [-0.15, -0.1) is 0 Å². The van der Waals surface area contributed by atoms with Gasteiger partial charge in [-0.2, -0.15) is 0 Å². The van der Waals surface area contributed by atoms with E-state index in [2.05, 4.69) is 17.0 Å². The highest BCUT2D eigenvalue weighted by Crippen LogP contribution is 2.27. The molecule has 2 aromatic carbocycles. The van der Waals surface area contributed by atoms with Crippen LogP contribution in [0.15, 0.2) is 42.5 Å². The fraction of sp³-hybridized carbons (Fsp3) is 0.278. The zero-order valence-electron chi connectivity index (χ0n) is 12.9. The Morgan fingerprint density at radius 2 is 1.96 bits per heavy atom. The molecule has 0 bridgehead atoms. The van der Waals surface area contributed by atoms with Crippen LogP contribution in [-0.4, -0.2) is 30.9 Å². The lowest BCUT2D eigenvalue weighted by Gasteiger charge is -2.23. The summed E-state index contributed by atoms with van der Waals surface area (Å²) in [6, 6.07) is 13.7. The summed E-state index contributed by atoms with van der Waals surface area (Å²) in [6.45, 7) is 1.81. The van der Waals surface area contributed by atoms with E-state index in [1.54, 1.807) is 17.0 Å². The molecule has 0 radical (unpaired) electrons. The number of fused-ring (bicyclic) bond motifs is 1. The van der Waals surface area contributed by atoms with Crippen molar-refractivity contribution in [3.8, 4) is 0 Å². The molecule has 0 aliphatic carbocycles. The Kier molecular flexibility index (Phi) is 4.79. The van der Waals surface area contributed by atoms with Crippen molar-refractivity contribution in [3.63, 3.8) is 0 Å². The van der Waals surface area contributed by atoms with E-state index in [0.717, 1.165) is 18.5 Å². The molecule has 0 saturated carbocycles. The first-order chi connectivity index (χ1) is 11.0. The molecule has 1 heterocycles. The molecule has 0 fully saturated rings. The van der Waals surface area contributed by atoms with Crippen molar-refractivity contribution < 1.29 is 4.79 Å². The highest BCUT2D eigenvalue weighted by atomic mass is 35.5. The highest BCUT2D eigenvalue weighted by Gasteiger charge is 2.22. The van der Waals surface area contributed by atoms with E-state index in [4.69, 9.17) is 23.2 Å². The molecule has 2 aromatic rings. The molecule has 0 saturated heterocycles. The molecule has 3 rings (SSSR count). The van der Waals surface area contributed by atoms with Crippen LogP contribution in [0.1, 0.15) is 11.1 Å². The van der Waals surface area contributed by atoms with Crippen molar-refractivity contribution in [2.24, 2.45) is 0 Å². The number of anilines is 1. The summed E-state index contributed by atoms with van der Waals surface area (Å²) in [5, 5.41) is 1.04. The quantitative estimate of drug-likeness (QED) is 0.833. The maximum atomic E-state index is 12.5. The Bertz CT molecular complexity index is 733. The molecule has 0 N–H and O–H groups in total. The van der Waals surface area contributed by atoms with Gasteiger partial charge in [-0.25, -0.2) is 0 Å². The first kappa shape index (κ1) is 16.2. The Hall–Kier alpha value is -1.71. The van der Waals surface area contributed by atoms with Crippen LogP contribution in [0.2, 0.25) is 10.0 Å². The van der Waals surface area contributed by atoms with Gasteiger partial charge >= 0.3 is 0 Å². The average molecular weight is 349 g/mol. The lowest BCUT2D eigenvalue weighted by molar-refractivity contribution is -0.128. The van der Waals surface area contributed by atoms with Crippen LogP contribution >= 0.6 is 23.2 Å². The summed E-state index contributed by atoms with van der Waals surface area (Å²) >= 11 is 11.9. The molecule has 0 spiro atoms. The SMILES string of the molecule is CN(Cc1ccc(Cl)c(Cl)c1)C(=O)CN1CCc2ccccc21. The summed E-state index contributed by atoms with van der Waals surface area (Å²) in [6.07, 6.45) is 1.000. The van der Waals surface area contributed by atoms with Gasteiger partial charge in [-0.3, -0.25) is 4.79 Å². The van der Waals surface area contributed by atoms with E-state index >= 15 is 0 Å². The predicted molar refractivity (Wildman–Crippen MR) is 95.3 cm³/mol. The lowest BCUT2D eigenvalue weighted by Crippen LogP contribution is -2.37. The van der Waals surface area contributed by atoms with Gasteiger partial charge in [0.15, 0.2) is 0 Å². The van der Waals surface area contributed by atoms with Crippen LogP contribution in [0.3, 0.4) is 0 Å². The molecule has 23 heavy (non-hydrogen) atoms. The lowest BCUT2D eigenvalue weighted by atomic mass is 10.2. The number of carbonyl (C=O) groups is 1. The number of likely N-dealkylation sites (N-methyl/N-ethyl adjacent to an activating group) is 1. The maximum Gasteiger partial charge on any atom is 0.242 e. The molecule has 1 aliphatic heterocycles. The third kappa shape index (κ3) is 3.62. The standard InChI is InChI=1S/C18H18Cl2N2O/c1-21(11-13-6-7-15(19)16(20)10-13)18(23)12-22-9-8-14-4-2-3-5-17(14)22/h2-7,10H,8-9,11-12H2,1H3. The number of carbonyl (C=O) groups excluding carboxylic acids is 1. The molecule has 0 atom stereocenters. The van der Waals surface area contributed by atoms with Crippen LogP contribution in [0, 0.1) is 0 Å². The van der Waals surface area contributed by atoms with Gasteiger partial charge in [0.25, 0.3) is 0 Å². The predicted octanol–water partition coefficient (Wildman–Crippen LogP) is 4.01. The van der Waals surface area contributed by atoms with E-state index in [9.17, 15) is 4.79 Å². The van der Waals surface area contributed by atoms with E-state index in [1.165, 1.54) is 11.3 Å². The number of hydrogen-bond donors (Lipinski definition) is 0. The van der Waals surface area contributed by atoms with E-state index in [1.807, 2.05) is 25.2 Å². The summed E-state index contributed by atoms with van der Waals surface area (Å²) in [4.78, 5) is 16.4. The highest BCUT2D eigenvalue weighted by molar-refractivity contribution is 6.42. The number of hydrogen-bond acceptors (Lipinski definition) is 2. The minimum absolute atomic E-state index is 0.0905. The van der Waals surface area contributed by atoms with Gasteiger partial charge in [0.1, 0.15) is 0 Å². The Labute approximate surface area is 146 Å². The van der Waals surface area contributed by atoms with Crippen molar-refractivity contribution >= 4 is 34.8 Å². The van der Waals surface area contributed by atoms with Crippen molar-refractivity contribution in [1.82, 2.24) is 4.90 Å². The van der Waals surface area contributed by atoms with Gasteiger partial charge < -0.3 is 9.80 Å². The fourth-order valence-corrected chi connectivity index (χ4v) is 3.18. The summed E-state index contributed by atoms with van der Waals surface area (Å²) in [7, 11) is 1.81. The van der Waals surface area contributed by atoms with E-state index in [0.29, 0.717) is 23.1 Å². The minimum Gasteiger partial charge on any atom is -0.362 e. The zero-order valence-corrected chi connectivity index (χ0v) is 14.4. The van der Waals surface area contributed by atoms with Gasteiger partial charge in [-0.1, -0.05) is 47.5 Å². The van der Waals surface area contributed by atoms with Gasteiger partial charge in [0.2, 0.25) is 5.91 Å². The summed E-state index contributed by atoms with van der Waals surface area (Å²) in [5.74, 6) is 0.0905.